The largest absolute Gasteiger partial charge is 0.464 e. The van der Waals surface area contributed by atoms with Crippen LogP contribution in [0.25, 0.3) is 33.2 Å². The van der Waals surface area contributed by atoms with Gasteiger partial charge in [0.2, 0.25) is 0 Å². The molecule has 0 fully saturated rings. The number of fused-ring (bicyclic) bond motifs is 7. The minimum atomic E-state index is -0.521. The van der Waals surface area contributed by atoms with Crippen LogP contribution in [0.15, 0.2) is 241 Å². The van der Waals surface area contributed by atoms with Gasteiger partial charge in [-0.15, -0.1) is 0 Å². The molecule has 0 spiro atoms. The molecule has 0 bridgehead atoms. The summed E-state index contributed by atoms with van der Waals surface area (Å²) in [5.74, 6) is 0. The van der Waals surface area contributed by atoms with E-state index >= 15 is 0 Å². The molecular formula is C58H39NO. The quantitative estimate of drug-likeness (QED) is 0.161. The molecule has 0 saturated carbocycles. The third-order valence-corrected chi connectivity index (χ3v) is 13.1. The van der Waals surface area contributed by atoms with Crippen molar-refractivity contribution in [3.8, 4) is 22.3 Å². The summed E-state index contributed by atoms with van der Waals surface area (Å²) in [6, 6.07) is 84.9. The first kappa shape index (κ1) is 34.4. The summed E-state index contributed by atoms with van der Waals surface area (Å²) in [5.41, 5.74) is 18.3. The first-order chi connectivity index (χ1) is 29.8. The second kappa shape index (κ2) is 13.4. The average Bonchev–Trinajstić information content (AvgIpc) is 4.01. The van der Waals surface area contributed by atoms with Crippen LogP contribution in [0, 0.1) is 0 Å². The normalized spacial score (nSPS) is 13.9. The number of rotatable bonds is 7. The summed E-state index contributed by atoms with van der Waals surface area (Å²) in [6.07, 6.45) is 1.78. The van der Waals surface area contributed by atoms with Gasteiger partial charge in [-0.25, -0.2) is 0 Å². The molecule has 0 atom stereocenters. The Labute approximate surface area is 350 Å². The van der Waals surface area contributed by atoms with E-state index in [2.05, 4.69) is 235 Å². The highest BCUT2D eigenvalue weighted by Gasteiger charge is 2.48. The molecule has 0 aliphatic heterocycles. The van der Waals surface area contributed by atoms with Crippen molar-refractivity contribution in [2.24, 2.45) is 0 Å². The second-order valence-corrected chi connectivity index (χ2v) is 16.0. The molecule has 1 aromatic heterocycles. The van der Waals surface area contributed by atoms with Crippen molar-refractivity contribution < 1.29 is 4.42 Å². The van der Waals surface area contributed by atoms with E-state index in [4.69, 9.17) is 4.42 Å². The van der Waals surface area contributed by atoms with Gasteiger partial charge in [-0.05, 0) is 104 Å². The molecule has 0 unspecified atom stereocenters. The monoisotopic (exact) mass is 765 g/mol. The van der Waals surface area contributed by atoms with Gasteiger partial charge in [-0.3, -0.25) is 0 Å². The predicted molar refractivity (Wildman–Crippen MR) is 246 cm³/mol. The van der Waals surface area contributed by atoms with Crippen LogP contribution in [-0.2, 0) is 10.8 Å². The van der Waals surface area contributed by atoms with Crippen LogP contribution in [-0.4, -0.2) is 0 Å². The smallest absolute Gasteiger partial charge is 0.133 e. The van der Waals surface area contributed by atoms with Crippen LogP contribution in [0.1, 0.15) is 44.5 Å². The number of furan rings is 1. The van der Waals surface area contributed by atoms with Crippen molar-refractivity contribution in [2.45, 2.75) is 10.8 Å². The maximum atomic E-state index is 5.90. The lowest BCUT2D eigenvalue weighted by atomic mass is 9.67. The lowest BCUT2D eigenvalue weighted by Gasteiger charge is -2.35. The standard InChI is InChI=1S/C58H39NO/c1-5-18-41(19-6-1)57(42-20-7-2-8-21-42)50-28-15-13-26-47(50)49-39-46(32-34-52(49)57)59(45-33-35-55-40(38-45)36-37-60-55)54-31-17-30-53-56(54)48-27-14-16-29-51(48)58(53,43-22-9-3-10-23-43)44-24-11-4-12-25-44/h1-39H. The van der Waals surface area contributed by atoms with Gasteiger partial charge in [-0.1, -0.05) is 188 Å². The van der Waals surface area contributed by atoms with E-state index in [1.54, 1.807) is 6.26 Å². The lowest BCUT2D eigenvalue weighted by molar-refractivity contribution is 0.616. The fourth-order valence-corrected chi connectivity index (χ4v) is 10.8. The van der Waals surface area contributed by atoms with Gasteiger partial charge in [0.05, 0.1) is 22.8 Å². The molecule has 10 aromatic rings. The summed E-state index contributed by atoms with van der Waals surface area (Å²) in [5, 5.41) is 1.06. The zero-order valence-electron chi connectivity index (χ0n) is 32.9. The number of anilines is 3. The molecular weight excluding hydrogens is 727 g/mol. The Bertz CT molecular complexity index is 3120. The second-order valence-electron chi connectivity index (χ2n) is 16.0. The number of benzene rings is 9. The molecule has 0 amide bonds. The molecule has 9 aromatic carbocycles. The van der Waals surface area contributed by atoms with Crippen molar-refractivity contribution in [1.82, 2.24) is 0 Å². The van der Waals surface area contributed by atoms with Crippen molar-refractivity contribution in [3.63, 3.8) is 0 Å². The van der Waals surface area contributed by atoms with Gasteiger partial charge >= 0.3 is 0 Å². The van der Waals surface area contributed by atoms with Crippen LogP contribution in [0.3, 0.4) is 0 Å². The Morgan fingerprint density at radius 2 is 0.800 bits per heavy atom. The Hall–Kier alpha value is -7.68. The Morgan fingerprint density at radius 1 is 0.333 bits per heavy atom. The van der Waals surface area contributed by atoms with E-state index in [0.29, 0.717) is 0 Å². The van der Waals surface area contributed by atoms with Gasteiger partial charge in [-0.2, -0.15) is 0 Å². The zero-order valence-corrected chi connectivity index (χ0v) is 32.9. The molecule has 0 radical (unpaired) electrons. The minimum Gasteiger partial charge on any atom is -0.464 e. The van der Waals surface area contributed by atoms with E-state index in [1.807, 2.05) is 0 Å². The van der Waals surface area contributed by atoms with E-state index < -0.39 is 10.8 Å². The van der Waals surface area contributed by atoms with Crippen LogP contribution in [0.4, 0.5) is 17.1 Å². The average molecular weight is 766 g/mol. The van der Waals surface area contributed by atoms with Crippen LogP contribution in [0.5, 0.6) is 0 Å². The number of hydrogen-bond acceptors (Lipinski definition) is 2. The molecule has 2 aliphatic carbocycles. The number of hydrogen-bond donors (Lipinski definition) is 0. The zero-order chi connectivity index (χ0) is 39.7. The van der Waals surface area contributed by atoms with Gasteiger partial charge < -0.3 is 9.32 Å². The molecule has 282 valence electrons. The molecule has 2 heteroatoms. The van der Waals surface area contributed by atoms with Gasteiger partial charge in [0.15, 0.2) is 0 Å². The van der Waals surface area contributed by atoms with Crippen molar-refractivity contribution in [1.29, 1.82) is 0 Å². The van der Waals surface area contributed by atoms with Crippen molar-refractivity contribution >= 4 is 28.0 Å². The maximum absolute atomic E-state index is 5.90. The molecule has 60 heavy (non-hydrogen) atoms. The summed E-state index contributed by atoms with van der Waals surface area (Å²) < 4.78 is 5.90. The molecule has 0 N–H and O–H groups in total. The highest BCUT2D eigenvalue weighted by atomic mass is 16.3. The fourth-order valence-electron chi connectivity index (χ4n) is 10.8. The van der Waals surface area contributed by atoms with Gasteiger partial charge in [0.25, 0.3) is 0 Å². The Balaban J connectivity index is 1.16. The summed E-state index contributed by atoms with van der Waals surface area (Å²) >= 11 is 0. The van der Waals surface area contributed by atoms with E-state index in [1.165, 1.54) is 66.8 Å². The molecule has 2 aliphatic rings. The summed E-state index contributed by atoms with van der Waals surface area (Å²) in [4.78, 5) is 2.47. The maximum Gasteiger partial charge on any atom is 0.133 e. The Morgan fingerprint density at radius 3 is 1.42 bits per heavy atom. The highest BCUT2D eigenvalue weighted by molar-refractivity contribution is 5.99. The Kier molecular flexibility index (Phi) is 7.70. The summed E-state index contributed by atoms with van der Waals surface area (Å²) in [6.45, 7) is 0. The molecule has 1 heterocycles. The van der Waals surface area contributed by atoms with Crippen LogP contribution in [0.2, 0.25) is 0 Å². The fraction of sp³-hybridized carbons (Fsp3) is 0.0345. The molecule has 2 nitrogen and oxygen atoms in total. The van der Waals surface area contributed by atoms with Gasteiger partial charge in [0, 0.05) is 22.3 Å². The first-order valence-electron chi connectivity index (χ1n) is 20.8. The summed E-state index contributed by atoms with van der Waals surface area (Å²) in [7, 11) is 0. The topological polar surface area (TPSA) is 16.4 Å². The predicted octanol–water partition coefficient (Wildman–Crippen LogP) is 14.6. The van der Waals surface area contributed by atoms with E-state index in [-0.39, 0.29) is 0 Å². The minimum absolute atomic E-state index is 0.481. The SMILES string of the molecule is c1ccc(C2(c3ccccc3)c3ccccc3-c3cc(N(c4ccc5occc5c4)c4cccc5c4-c4ccccc4C5(c4ccccc4)c4ccccc4)ccc32)cc1. The highest BCUT2D eigenvalue weighted by Crippen LogP contribution is 2.61. The van der Waals surface area contributed by atoms with Gasteiger partial charge in [0.1, 0.15) is 5.58 Å². The third kappa shape index (κ3) is 4.76. The third-order valence-electron chi connectivity index (χ3n) is 13.1. The molecule has 0 saturated heterocycles. The van der Waals surface area contributed by atoms with Crippen LogP contribution >= 0.6 is 0 Å². The van der Waals surface area contributed by atoms with Crippen molar-refractivity contribution in [3.05, 3.63) is 281 Å². The molecule has 12 rings (SSSR count). The van der Waals surface area contributed by atoms with Crippen LogP contribution < -0.4 is 4.90 Å². The van der Waals surface area contributed by atoms with E-state index in [0.717, 1.165) is 28.0 Å². The van der Waals surface area contributed by atoms with E-state index in [9.17, 15) is 0 Å². The number of nitrogens with zero attached hydrogens (tertiary/aromatic N) is 1. The van der Waals surface area contributed by atoms with Crippen molar-refractivity contribution in [2.75, 3.05) is 4.90 Å². The lowest BCUT2D eigenvalue weighted by Crippen LogP contribution is -2.28. The first-order valence-corrected chi connectivity index (χ1v) is 20.8.